The van der Waals surface area contributed by atoms with Gasteiger partial charge in [-0.1, -0.05) is 13.8 Å². The van der Waals surface area contributed by atoms with Crippen LogP contribution < -0.4 is 4.90 Å². The first kappa shape index (κ1) is 16.1. The van der Waals surface area contributed by atoms with E-state index in [0.29, 0.717) is 26.2 Å². The van der Waals surface area contributed by atoms with E-state index >= 15 is 0 Å². The van der Waals surface area contributed by atoms with Gasteiger partial charge >= 0.3 is 0 Å². The van der Waals surface area contributed by atoms with Gasteiger partial charge in [-0.05, 0) is 6.07 Å². The minimum Gasteiger partial charge on any atom is -0.354 e. The van der Waals surface area contributed by atoms with Crippen LogP contribution in [0.15, 0.2) is 12.3 Å². The van der Waals surface area contributed by atoms with Crippen LogP contribution in [0.5, 0.6) is 0 Å². The molecule has 0 spiro atoms. The Morgan fingerprint density at radius 3 is 2.33 bits per heavy atom. The molecule has 2 heterocycles. The molecule has 1 fully saturated rings. The summed E-state index contributed by atoms with van der Waals surface area (Å²) in [6.45, 7) is 6.34. The van der Waals surface area contributed by atoms with Crippen LogP contribution in [0.2, 0.25) is 0 Å². The van der Waals surface area contributed by atoms with Crippen LogP contribution in [-0.4, -0.2) is 67.3 Å². The smallest absolute Gasteiger partial charge is 0.281 e. The van der Waals surface area contributed by atoms with Gasteiger partial charge in [0.15, 0.2) is 0 Å². The summed E-state index contributed by atoms with van der Waals surface area (Å²) in [5.41, 5.74) is 0. The van der Waals surface area contributed by atoms with Crippen molar-refractivity contribution in [2.75, 3.05) is 45.2 Å². The van der Waals surface area contributed by atoms with E-state index in [9.17, 15) is 8.42 Å². The molecule has 0 radical (unpaired) electrons. The molecule has 0 unspecified atom stereocenters. The topological polar surface area (TPSA) is 69.6 Å². The molecular formula is C13H23N5O2S. The fourth-order valence-electron chi connectivity index (χ4n) is 2.20. The zero-order valence-corrected chi connectivity index (χ0v) is 13.8. The highest BCUT2D eigenvalue weighted by Crippen LogP contribution is 2.18. The van der Waals surface area contributed by atoms with Crippen molar-refractivity contribution in [3.05, 3.63) is 18.1 Å². The van der Waals surface area contributed by atoms with Crippen molar-refractivity contribution in [1.82, 2.24) is 18.6 Å². The van der Waals surface area contributed by atoms with E-state index in [4.69, 9.17) is 0 Å². The van der Waals surface area contributed by atoms with Crippen molar-refractivity contribution in [2.24, 2.45) is 0 Å². The highest BCUT2D eigenvalue weighted by atomic mass is 32.2. The lowest BCUT2D eigenvalue weighted by atomic mass is 10.2. The average Bonchev–Trinajstić information content (AvgIpc) is 2.47. The molecule has 0 aliphatic carbocycles. The maximum absolute atomic E-state index is 12.1. The van der Waals surface area contributed by atoms with Gasteiger partial charge in [-0.3, -0.25) is 0 Å². The molecule has 0 bridgehead atoms. The third-order valence-electron chi connectivity index (χ3n) is 3.53. The maximum atomic E-state index is 12.1. The normalized spacial score (nSPS) is 17.7. The number of hydrogen-bond donors (Lipinski definition) is 0. The Morgan fingerprint density at radius 2 is 1.81 bits per heavy atom. The van der Waals surface area contributed by atoms with Crippen molar-refractivity contribution in [1.29, 1.82) is 0 Å². The van der Waals surface area contributed by atoms with E-state index in [1.165, 1.54) is 8.61 Å². The molecule has 1 aromatic rings. The Kier molecular flexibility index (Phi) is 4.80. The lowest BCUT2D eigenvalue weighted by molar-refractivity contribution is 0.355. The molecule has 0 atom stereocenters. The van der Waals surface area contributed by atoms with Crippen LogP contribution >= 0.6 is 0 Å². The van der Waals surface area contributed by atoms with Crippen LogP contribution in [0.25, 0.3) is 0 Å². The fourth-order valence-corrected chi connectivity index (χ4v) is 3.28. The van der Waals surface area contributed by atoms with Crippen molar-refractivity contribution in [2.45, 2.75) is 19.8 Å². The SMILES string of the molecule is CC(C)c1nccc(N2CCN(S(=O)(=O)N(C)C)CC2)n1. The lowest BCUT2D eigenvalue weighted by Gasteiger charge is -2.35. The van der Waals surface area contributed by atoms with Crippen LogP contribution in [0.3, 0.4) is 0 Å². The summed E-state index contributed by atoms with van der Waals surface area (Å²) in [6, 6.07) is 1.88. The molecule has 1 aromatic heterocycles. The van der Waals surface area contributed by atoms with E-state index in [0.717, 1.165) is 11.6 Å². The minimum absolute atomic E-state index is 0.278. The largest absolute Gasteiger partial charge is 0.354 e. The molecule has 7 nitrogen and oxygen atoms in total. The molecule has 0 N–H and O–H groups in total. The number of aromatic nitrogens is 2. The van der Waals surface area contributed by atoms with Crippen molar-refractivity contribution in [3.8, 4) is 0 Å². The van der Waals surface area contributed by atoms with Crippen LogP contribution in [0.1, 0.15) is 25.6 Å². The first-order chi connectivity index (χ1) is 9.82. The highest BCUT2D eigenvalue weighted by molar-refractivity contribution is 7.86. The summed E-state index contributed by atoms with van der Waals surface area (Å²) < 4.78 is 26.9. The summed E-state index contributed by atoms with van der Waals surface area (Å²) in [6.07, 6.45) is 1.76. The molecule has 0 aromatic carbocycles. The van der Waals surface area contributed by atoms with Crippen molar-refractivity contribution >= 4 is 16.0 Å². The quantitative estimate of drug-likeness (QED) is 0.811. The lowest BCUT2D eigenvalue weighted by Crippen LogP contribution is -2.51. The van der Waals surface area contributed by atoms with Gasteiger partial charge in [0, 0.05) is 52.4 Å². The Labute approximate surface area is 126 Å². The highest BCUT2D eigenvalue weighted by Gasteiger charge is 2.29. The van der Waals surface area contributed by atoms with Crippen LogP contribution in [0.4, 0.5) is 5.82 Å². The Hall–Kier alpha value is -1.25. The third-order valence-corrected chi connectivity index (χ3v) is 5.47. The van der Waals surface area contributed by atoms with Crippen molar-refractivity contribution < 1.29 is 8.42 Å². The van der Waals surface area contributed by atoms with Gasteiger partial charge in [0.1, 0.15) is 11.6 Å². The molecule has 2 rings (SSSR count). The maximum Gasteiger partial charge on any atom is 0.281 e. The number of hydrogen-bond acceptors (Lipinski definition) is 5. The van der Waals surface area contributed by atoms with E-state index in [1.807, 2.05) is 6.07 Å². The Morgan fingerprint density at radius 1 is 1.19 bits per heavy atom. The average molecular weight is 313 g/mol. The number of rotatable bonds is 4. The van der Waals surface area contributed by atoms with Gasteiger partial charge < -0.3 is 4.90 Å². The Balaban J connectivity index is 2.06. The molecule has 1 aliphatic rings. The van der Waals surface area contributed by atoms with Gasteiger partial charge in [0.25, 0.3) is 10.2 Å². The van der Waals surface area contributed by atoms with Crippen LogP contribution in [-0.2, 0) is 10.2 Å². The van der Waals surface area contributed by atoms with E-state index in [2.05, 4.69) is 28.7 Å². The van der Waals surface area contributed by atoms with Crippen molar-refractivity contribution in [3.63, 3.8) is 0 Å². The van der Waals surface area contributed by atoms with Gasteiger partial charge in [0.05, 0.1) is 0 Å². The van der Waals surface area contributed by atoms with Crippen LogP contribution in [0, 0.1) is 0 Å². The molecule has 0 saturated carbocycles. The first-order valence-electron chi connectivity index (χ1n) is 7.08. The van der Waals surface area contributed by atoms with E-state index in [-0.39, 0.29) is 5.92 Å². The zero-order valence-electron chi connectivity index (χ0n) is 13.0. The second-order valence-electron chi connectivity index (χ2n) is 5.60. The molecule has 118 valence electrons. The number of piperazine rings is 1. The number of anilines is 1. The third kappa shape index (κ3) is 3.50. The minimum atomic E-state index is -3.32. The van der Waals surface area contributed by atoms with E-state index in [1.54, 1.807) is 20.3 Å². The molecule has 8 heteroatoms. The van der Waals surface area contributed by atoms with Gasteiger partial charge in [-0.2, -0.15) is 17.0 Å². The molecule has 1 aliphatic heterocycles. The summed E-state index contributed by atoms with van der Waals surface area (Å²) in [5, 5.41) is 0. The molecule has 0 amide bonds. The van der Waals surface area contributed by atoms with E-state index < -0.39 is 10.2 Å². The fraction of sp³-hybridized carbons (Fsp3) is 0.692. The van der Waals surface area contributed by atoms with Gasteiger partial charge in [-0.25, -0.2) is 9.97 Å². The summed E-state index contributed by atoms with van der Waals surface area (Å²) in [4.78, 5) is 10.9. The predicted octanol–water partition coefficient (Wildman–Crippen LogP) is 0.528. The summed E-state index contributed by atoms with van der Waals surface area (Å²) in [5.74, 6) is 1.96. The first-order valence-corrected chi connectivity index (χ1v) is 8.47. The standard InChI is InChI=1S/C13H23N5O2S/c1-11(2)13-14-6-5-12(15-13)17-7-9-18(10-8-17)21(19,20)16(3)4/h5-6,11H,7-10H2,1-4H3. The summed E-state index contributed by atoms with van der Waals surface area (Å²) >= 11 is 0. The predicted molar refractivity (Wildman–Crippen MR) is 82.5 cm³/mol. The molecule has 1 saturated heterocycles. The molecular weight excluding hydrogens is 290 g/mol. The summed E-state index contributed by atoms with van der Waals surface area (Å²) in [7, 11) is -0.207. The second-order valence-corrected chi connectivity index (χ2v) is 7.75. The number of nitrogens with zero attached hydrogens (tertiary/aromatic N) is 5. The monoisotopic (exact) mass is 313 g/mol. The molecule has 21 heavy (non-hydrogen) atoms. The zero-order chi connectivity index (χ0) is 15.6. The second kappa shape index (κ2) is 6.25. The Bertz CT molecular complexity index is 580. The van der Waals surface area contributed by atoms with Gasteiger partial charge in [0.2, 0.25) is 0 Å². The van der Waals surface area contributed by atoms with Gasteiger partial charge in [-0.15, -0.1) is 0 Å².